The minimum Gasteiger partial charge on any atom is -0.497 e. The Morgan fingerprint density at radius 3 is 2.47 bits per heavy atom. The third-order valence-electron chi connectivity index (χ3n) is 5.06. The van der Waals surface area contributed by atoms with Crippen LogP contribution in [-0.4, -0.2) is 39.5 Å². The molecule has 0 fully saturated rings. The molecule has 3 aromatic rings. The first-order valence-corrected chi connectivity index (χ1v) is 12.7. The van der Waals surface area contributed by atoms with Crippen LogP contribution in [0, 0.1) is 0 Å². The first kappa shape index (κ1) is 23.7. The highest BCUT2D eigenvalue weighted by molar-refractivity contribution is 8.15. The zero-order valence-electron chi connectivity index (χ0n) is 18.6. The third kappa shape index (κ3) is 5.18. The number of carbonyl (C=O) groups excluding carboxylic acids is 1. The Morgan fingerprint density at radius 1 is 1.00 bits per heavy atom. The average molecular weight is 498 g/mol. The molecule has 1 amide bonds. The molecule has 1 aliphatic heterocycles. The van der Waals surface area contributed by atoms with Gasteiger partial charge in [-0.05, 0) is 29.8 Å². The standard InChI is InChI=1S/C24H23N3O5S2/c1-31-18-12-13-21(32-2)19(14-18)25-23(28)16-33-24-26-34(29,30)22-11-7-6-10-20(22)27(24)15-17-8-4-3-5-9-17/h3-14H,15-16H2,1-2H3,(H,25,28). The molecule has 0 atom stereocenters. The number of hydrogen-bond acceptors (Lipinski definition) is 7. The largest absolute Gasteiger partial charge is 0.497 e. The number of anilines is 2. The maximum absolute atomic E-state index is 12.8. The maximum Gasteiger partial charge on any atom is 0.286 e. The molecule has 4 rings (SSSR count). The first-order chi connectivity index (χ1) is 16.4. The Balaban J connectivity index is 1.57. The van der Waals surface area contributed by atoms with Gasteiger partial charge in [0.2, 0.25) is 5.91 Å². The molecule has 34 heavy (non-hydrogen) atoms. The van der Waals surface area contributed by atoms with Crippen LogP contribution in [0.15, 0.2) is 82.1 Å². The number of thioether (sulfide) groups is 1. The van der Waals surface area contributed by atoms with E-state index >= 15 is 0 Å². The highest BCUT2D eigenvalue weighted by Crippen LogP contribution is 2.35. The van der Waals surface area contributed by atoms with Gasteiger partial charge in [0, 0.05) is 6.07 Å². The average Bonchev–Trinajstić information content (AvgIpc) is 2.85. The predicted molar refractivity (Wildman–Crippen MR) is 134 cm³/mol. The monoisotopic (exact) mass is 497 g/mol. The second-order valence-corrected chi connectivity index (χ2v) is 9.81. The number of amidine groups is 1. The Morgan fingerprint density at radius 2 is 1.74 bits per heavy atom. The van der Waals surface area contributed by atoms with Crippen LogP contribution in [0.5, 0.6) is 11.5 Å². The summed E-state index contributed by atoms with van der Waals surface area (Å²) in [6.07, 6.45) is 0. The predicted octanol–water partition coefficient (Wildman–Crippen LogP) is 4.14. The van der Waals surface area contributed by atoms with E-state index in [1.54, 1.807) is 36.4 Å². The van der Waals surface area contributed by atoms with Crippen LogP contribution < -0.4 is 19.7 Å². The fourth-order valence-corrected chi connectivity index (χ4v) is 5.71. The number of carbonyl (C=O) groups is 1. The summed E-state index contributed by atoms with van der Waals surface area (Å²) in [6.45, 7) is 0.407. The van der Waals surface area contributed by atoms with E-state index < -0.39 is 10.0 Å². The van der Waals surface area contributed by atoms with Crippen molar-refractivity contribution < 1.29 is 22.7 Å². The molecule has 1 N–H and O–H groups in total. The molecule has 0 radical (unpaired) electrons. The molecular weight excluding hydrogens is 474 g/mol. The molecule has 0 unspecified atom stereocenters. The number of para-hydroxylation sites is 1. The van der Waals surface area contributed by atoms with Crippen molar-refractivity contribution in [2.45, 2.75) is 11.4 Å². The van der Waals surface area contributed by atoms with Gasteiger partial charge in [-0.25, -0.2) is 0 Å². The SMILES string of the molecule is COc1ccc(OC)c(NC(=O)CSC2=NS(=O)(=O)c3ccccc3N2Cc2ccccc2)c1. The molecule has 0 saturated carbocycles. The van der Waals surface area contributed by atoms with E-state index in [1.165, 1.54) is 20.3 Å². The van der Waals surface area contributed by atoms with Gasteiger partial charge in [0.05, 0.1) is 37.9 Å². The van der Waals surface area contributed by atoms with Gasteiger partial charge in [-0.2, -0.15) is 8.42 Å². The number of sulfonamides is 1. The van der Waals surface area contributed by atoms with Gasteiger partial charge in [0.25, 0.3) is 10.0 Å². The molecule has 8 nitrogen and oxygen atoms in total. The third-order valence-corrected chi connectivity index (χ3v) is 7.47. The number of nitrogens with one attached hydrogen (secondary N) is 1. The summed E-state index contributed by atoms with van der Waals surface area (Å²) in [4.78, 5) is 14.7. The minimum absolute atomic E-state index is 0.0534. The summed E-state index contributed by atoms with van der Waals surface area (Å²) in [7, 11) is -0.847. The Labute approximate surface area is 202 Å². The highest BCUT2D eigenvalue weighted by atomic mass is 32.2. The maximum atomic E-state index is 12.8. The molecule has 3 aromatic carbocycles. The van der Waals surface area contributed by atoms with E-state index in [0.29, 0.717) is 29.4 Å². The summed E-state index contributed by atoms with van der Waals surface area (Å²) < 4.78 is 40.2. The fraction of sp³-hybridized carbons (Fsp3) is 0.167. The van der Waals surface area contributed by atoms with E-state index in [2.05, 4.69) is 9.71 Å². The second-order valence-electron chi connectivity index (χ2n) is 7.29. The molecule has 0 spiro atoms. The number of methoxy groups -OCH3 is 2. The van der Waals surface area contributed by atoms with Gasteiger partial charge >= 0.3 is 0 Å². The Hall–Kier alpha value is -3.50. The molecule has 0 aliphatic carbocycles. The molecule has 176 valence electrons. The Bertz CT molecular complexity index is 1330. The van der Waals surface area contributed by atoms with Gasteiger partial charge in [-0.15, -0.1) is 4.40 Å². The number of ether oxygens (including phenoxy) is 2. The zero-order valence-corrected chi connectivity index (χ0v) is 20.2. The van der Waals surface area contributed by atoms with Crippen molar-refractivity contribution in [2.24, 2.45) is 4.40 Å². The summed E-state index contributed by atoms with van der Waals surface area (Å²) in [5.41, 5.74) is 1.96. The van der Waals surface area contributed by atoms with Crippen molar-refractivity contribution in [3.63, 3.8) is 0 Å². The molecule has 1 aliphatic rings. The lowest BCUT2D eigenvalue weighted by Crippen LogP contribution is -2.34. The van der Waals surface area contributed by atoms with Crippen LogP contribution >= 0.6 is 11.8 Å². The lowest BCUT2D eigenvalue weighted by Gasteiger charge is -2.30. The fourth-order valence-electron chi connectivity index (χ4n) is 3.45. The van der Waals surface area contributed by atoms with E-state index in [4.69, 9.17) is 9.47 Å². The number of rotatable bonds is 7. The van der Waals surface area contributed by atoms with E-state index in [-0.39, 0.29) is 21.7 Å². The van der Waals surface area contributed by atoms with Crippen molar-refractivity contribution in [3.05, 3.63) is 78.4 Å². The van der Waals surface area contributed by atoms with E-state index in [1.807, 2.05) is 35.2 Å². The normalized spacial score (nSPS) is 14.1. The van der Waals surface area contributed by atoms with E-state index in [9.17, 15) is 13.2 Å². The molecule has 10 heteroatoms. The van der Waals surface area contributed by atoms with Crippen LogP contribution in [0.1, 0.15) is 5.56 Å². The van der Waals surface area contributed by atoms with Gasteiger partial charge < -0.3 is 19.7 Å². The van der Waals surface area contributed by atoms with Crippen LogP contribution in [0.25, 0.3) is 0 Å². The Kier molecular flexibility index (Phi) is 7.09. The molecular formula is C24H23N3O5S2. The van der Waals surface area contributed by atoms with Crippen molar-refractivity contribution in [3.8, 4) is 11.5 Å². The smallest absolute Gasteiger partial charge is 0.286 e. The topological polar surface area (TPSA) is 97.3 Å². The number of nitrogens with zero attached hydrogens (tertiary/aromatic N) is 2. The zero-order chi connectivity index (χ0) is 24.1. The van der Waals surface area contributed by atoms with Gasteiger partial charge in [0.15, 0.2) is 5.17 Å². The summed E-state index contributed by atoms with van der Waals surface area (Å²) in [6, 6.07) is 21.5. The van der Waals surface area contributed by atoms with Crippen LogP contribution in [-0.2, 0) is 21.4 Å². The van der Waals surface area contributed by atoms with Crippen molar-refractivity contribution in [1.29, 1.82) is 0 Å². The number of amides is 1. The second kappa shape index (κ2) is 10.2. The van der Waals surface area contributed by atoms with Crippen molar-refractivity contribution >= 4 is 44.2 Å². The number of hydrogen-bond donors (Lipinski definition) is 1. The lowest BCUT2D eigenvalue weighted by molar-refractivity contribution is -0.113. The lowest BCUT2D eigenvalue weighted by atomic mass is 10.2. The number of benzene rings is 3. The van der Waals surface area contributed by atoms with Crippen LogP contribution in [0.3, 0.4) is 0 Å². The molecule has 0 aromatic heterocycles. The number of fused-ring (bicyclic) bond motifs is 1. The molecule has 1 heterocycles. The molecule has 0 saturated heterocycles. The van der Waals surface area contributed by atoms with Gasteiger partial charge in [0.1, 0.15) is 16.4 Å². The van der Waals surface area contributed by atoms with Gasteiger partial charge in [-0.1, -0.05) is 54.2 Å². The first-order valence-electron chi connectivity index (χ1n) is 10.3. The van der Waals surface area contributed by atoms with Crippen LogP contribution in [0.4, 0.5) is 11.4 Å². The summed E-state index contributed by atoms with van der Waals surface area (Å²) >= 11 is 1.05. The summed E-state index contributed by atoms with van der Waals surface area (Å²) in [5.74, 6) is 0.658. The van der Waals surface area contributed by atoms with Gasteiger partial charge in [-0.3, -0.25) is 4.79 Å². The van der Waals surface area contributed by atoms with Crippen molar-refractivity contribution in [1.82, 2.24) is 0 Å². The minimum atomic E-state index is -3.89. The molecule has 0 bridgehead atoms. The van der Waals surface area contributed by atoms with Crippen molar-refractivity contribution in [2.75, 3.05) is 30.2 Å². The highest BCUT2D eigenvalue weighted by Gasteiger charge is 2.31. The van der Waals surface area contributed by atoms with E-state index in [0.717, 1.165) is 17.3 Å². The quantitative estimate of drug-likeness (QED) is 0.524. The van der Waals surface area contributed by atoms with Crippen LogP contribution in [0.2, 0.25) is 0 Å². The summed E-state index contributed by atoms with van der Waals surface area (Å²) in [5, 5.41) is 3.02.